The van der Waals surface area contributed by atoms with Crippen LogP contribution in [0.1, 0.15) is 41.5 Å². The molecule has 6 heteroatoms. The average Bonchev–Trinajstić information content (AvgIpc) is 2.49. The third-order valence-corrected chi connectivity index (χ3v) is 2.57. The van der Waals surface area contributed by atoms with Gasteiger partial charge in [-0.15, -0.1) is 5.10 Å². The summed E-state index contributed by atoms with van der Waals surface area (Å²) in [6, 6.07) is 0. The van der Waals surface area contributed by atoms with Crippen LogP contribution < -0.4 is 5.32 Å². The standard InChI is InChI=1S/C11H21N5O/c1-10(2,3)7(11(4,5)6)8(17)12-9-13-15-16-14-9/h7H,1-6H3,(H2,12,13,14,15,16,17). The van der Waals surface area contributed by atoms with Gasteiger partial charge in [-0.25, -0.2) is 0 Å². The second-order valence-electron chi connectivity index (χ2n) is 6.39. The molecule has 0 saturated carbocycles. The fourth-order valence-corrected chi connectivity index (χ4v) is 2.48. The highest BCUT2D eigenvalue weighted by molar-refractivity contribution is 5.91. The van der Waals surface area contributed by atoms with Crippen molar-refractivity contribution in [1.82, 2.24) is 20.6 Å². The highest BCUT2D eigenvalue weighted by Gasteiger charge is 2.40. The first kappa shape index (κ1) is 13.6. The maximum atomic E-state index is 12.3. The number of rotatable bonds is 2. The SMILES string of the molecule is CC(C)(C)C(C(=O)Nc1nn[nH]n1)C(C)(C)C. The van der Waals surface area contributed by atoms with Crippen LogP contribution in [0, 0.1) is 16.7 Å². The van der Waals surface area contributed by atoms with Crippen molar-refractivity contribution < 1.29 is 4.79 Å². The van der Waals surface area contributed by atoms with Crippen LogP contribution in [-0.4, -0.2) is 26.5 Å². The number of nitrogens with one attached hydrogen (secondary N) is 2. The molecule has 0 aromatic carbocycles. The molecule has 0 fully saturated rings. The first-order chi connectivity index (χ1) is 7.62. The molecule has 2 N–H and O–H groups in total. The molecule has 0 unspecified atom stereocenters. The van der Waals surface area contributed by atoms with Crippen molar-refractivity contribution in [3.63, 3.8) is 0 Å². The number of aromatic amines is 1. The summed E-state index contributed by atoms with van der Waals surface area (Å²) in [5.41, 5.74) is -0.266. The van der Waals surface area contributed by atoms with Gasteiger partial charge in [0.25, 0.3) is 5.95 Å². The maximum Gasteiger partial charge on any atom is 0.269 e. The lowest BCUT2D eigenvalue weighted by Crippen LogP contribution is -2.42. The number of hydrogen-bond acceptors (Lipinski definition) is 4. The molecule has 1 rings (SSSR count). The molecule has 0 aliphatic carbocycles. The van der Waals surface area contributed by atoms with Crippen molar-refractivity contribution in [1.29, 1.82) is 0 Å². The van der Waals surface area contributed by atoms with E-state index in [0.29, 0.717) is 0 Å². The van der Waals surface area contributed by atoms with Gasteiger partial charge in [0, 0.05) is 5.92 Å². The number of carbonyl (C=O) groups excluding carboxylic acids is 1. The minimum Gasteiger partial charge on any atom is -0.292 e. The Hall–Kier alpha value is -1.46. The van der Waals surface area contributed by atoms with E-state index in [2.05, 4.69) is 67.5 Å². The predicted molar refractivity (Wildman–Crippen MR) is 65.2 cm³/mol. The van der Waals surface area contributed by atoms with Crippen LogP contribution in [-0.2, 0) is 4.79 Å². The largest absolute Gasteiger partial charge is 0.292 e. The second-order valence-corrected chi connectivity index (χ2v) is 6.39. The Kier molecular flexibility index (Phi) is 3.54. The fourth-order valence-electron chi connectivity index (χ4n) is 2.48. The van der Waals surface area contributed by atoms with Crippen molar-refractivity contribution in [3.05, 3.63) is 0 Å². The predicted octanol–water partition coefficient (Wildman–Crippen LogP) is 1.85. The molecule has 0 atom stereocenters. The lowest BCUT2D eigenvalue weighted by molar-refractivity contribution is -0.127. The highest BCUT2D eigenvalue weighted by Crippen LogP contribution is 2.40. The molecule has 0 spiro atoms. The molecule has 17 heavy (non-hydrogen) atoms. The van der Waals surface area contributed by atoms with Crippen molar-refractivity contribution >= 4 is 11.9 Å². The molecule has 6 nitrogen and oxygen atoms in total. The van der Waals surface area contributed by atoms with Crippen LogP contribution in [0.15, 0.2) is 0 Å². The van der Waals surface area contributed by atoms with E-state index < -0.39 is 0 Å². The normalized spacial score (nSPS) is 12.9. The van der Waals surface area contributed by atoms with E-state index in [9.17, 15) is 4.79 Å². The summed E-state index contributed by atoms with van der Waals surface area (Å²) in [4.78, 5) is 12.3. The first-order valence-corrected chi connectivity index (χ1v) is 5.66. The fraction of sp³-hybridized carbons (Fsp3) is 0.818. The lowest BCUT2D eigenvalue weighted by atomic mass is 9.66. The monoisotopic (exact) mass is 239 g/mol. The third kappa shape index (κ3) is 3.51. The van der Waals surface area contributed by atoms with Gasteiger partial charge in [0.05, 0.1) is 0 Å². The van der Waals surface area contributed by atoms with Crippen molar-refractivity contribution in [2.24, 2.45) is 16.7 Å². The van der Waals surface area contributed by atoms with Crippen LogP contribution >= 0.6 is 0 Å². The lowest BCUT2D eigenvalue weighted by Gasteiger charge is -2.39. The summed E-state index contributed by atoms with van der Waals surface area (Å²) in [7, 11) is 0. The van der Waals surface area contributed by atoms with Crippen LogP contribution in [0.2, 0.25) is 0 Å². The quantitative estimate of drug-likeness (QED) is 0.825. The number of nitrogens with zero attached hydrogens (tertiary/aromatic N) is 3. The molecule has 0 radical (unpaired) electrons. The Morgan fingerprint density at radius 1 is 1.18 bits per heavy atom. The van der Waals surface area contributed by atoms with Crippen LogP contribution in [0.5, 0.6) is 0 Å². The van der Waals surface area contributed by atoms with Gasteiger partial charge < -0.3 is 0 Å². The van der Waals surface area contributed by atoms with Gasteiger partial charge >= 0.3 is 0 Å². The minimum atomic E-state index is -0.145. The van der Waals surface area contributed by atoms with Crippen molar-refractivity contribution in [2.75, 3.05) is 5.32 Å². The van der Waals surface area contributed by atoms with E-state index in [-0.39, 0.29) is 28.6 Å². The van der Waals surface area contributed by atoms with Gasteiger partial charge in [0.2, 0.25) is 5.91 Å². The summed E-state index contributed by atoms with van der Waals surface area (Å²) in [5, 5.41) is 15.8. The Bertz CT molecular complexity index is 358. The van der Waals surface area contributed by atoms with Crippen LogP contribution in [0.3, 0.4) is 0 Å². The smallest absolute Gasteiger partial charge is 0.269 e. The van der Waals surface area contributed by atoms with E-state index >= 15 is 0 Å². The topological polar surface area (TPSA) is 83.6 Å². The molecule has 0 saturated heterocycles. The van der Waals surface area contributed by atoms with Crippen LogP contribution in [0.25, 0.3) is 0 Å². The summed E-state index contributed by atoms with van der Waals surface area (Å²) < 4.78 is 0. The molecule has 1 aromatic heterocycles. The van der Waals surface area contributed by atoms with Gasteiger partial charge in [0.15, 0.2) is 0 Å². The summed E-state index contributed by atoms with van der Waals surface area (Å²) in [6.07, 6.45) is 0. The summed E-state index contributed by atoms with van der Waals surface area (Å²) >= 11 is 0. The van der Waals surface area contributed by atoms with E-state index in [1.165, 1.54) is 0 Å². The summed E-state index contributed by atoms with van der Waals surface area (Å²) in [5.74, 6) is -0.00611. The Balaban J connectivity index is 2.89. The Labute approximate surface area is 102 Å². The van der Waals surface area contributed by atoms with Crippen molar-refractivity contribution in [2.45, 2.75) is 41.5 Å². The maximum absolute atomic E-state index is 12.3. The number of tetrazole rings is 1. The van der Waals surface area contributed by atoms with E-state index in [1.807, 2.05) is 0 Å². The van der Waals surface area contributed by atoms with Crippen molar-refractivity contribution in [3.8, 4) is 0 Å². The molecule has 0 bridgehead atoms. The minimum absolute atomic E-state index is 0.0774. The Morgan fingerprint density at radius 2 is 1.71 bits per heavy atom. The molecule has 0 aliphatic rings. The van der Waals surface area contributed by atoms with E-state index in [0.717, 1.165) is 0 Å². The third-order valence-electron chi connectivity index (χ3n) is 2.57. The molecular weight excluding hydrogens is 218 g/mol. The first-order valence-electron chi connectivity index (χ1n) is 5.66. The molecule has 96 valence electrons. The molecule has 1 aromatic rings. The number of amides is 1. The van der Waals surface area contributed by atoms with E-state index in [1.54, 1.807) is 0 Å². The molecular formula is C11H21N5O. The van der Waals surface area contributed by atoms with Gasteiger partial charge in [-0.05, 0) is 16.0 Å². The number of aromatic nitrogens is 4. The Morgan fingerprint density at radius 3 is 2.06 bits per heavy atom. The zero-order valence-corrected chi connectivity index (χ0v) is 11.3. The van der Waals surface area contributed by atoms with Gasteiger partial charge in [-0.1, -0.05) is 46.6 Å². The molecule has 1 heterocycles. The van der Waals surface area contributed by atoms with Gasteiger partial charge in [-0.3, -0.25) is 10.1 Å². The molecule has 0 aliphatic heterocycles. The zero-order chi connectivity index (χ0) is 13.3. The van der Waals surface area contributed by atoms with E-state index in [4.69, 9.17) is 0 Å². The average molecular weight is 239 g/mol. The summed E-state index contributed by atoms with van der Waals surface area (Å²) in [6.45, 7) is 12.3. The number of carbonyl (C=O) groups is 1. The van der Waals surface area contributed by atoms with Crippen LogP contribution in [0.4, 0.5) is 5.95 Å². The highest BCUT2D eigenvalue weighted by atomic mass is 16.2. The second kappa shape index (κ2) is 4.43. The number of hydrogen-bond donors (Lipinski definition) is 2. The number of anilines is 1. The zero-order valence-electron chi connectivity index (χ0n) is 11.3. The number of H-pyrrole nitrogens is 1. The molecule has 1 amide bonds. The van der Waals surface area contributed by atoms with Gasteiger partial charge in [-0.2, -0.15) is 5.21 Å². The van der Waals surface area contributed by atoms with Gasteiger partial charge in [0.1, 0.15) is 0 Å².